The molecule has 2 heterocycles. The maximum atomic E-state index is 6.10. The summed E-state index contributed by atoms with van der Waals surface area (Å²) in [5.74, 6) is 0.621. The SMILES string of the molecule is Clc1nc(COCc2ccccc2)nc2sccc12. The second-order valence-electron chi connectivity index (χ2n) is 4.05. The molecule has 0 atom stereocenters. The number of ether oxygens (including phenoxy) is 1. The van der Waals surface area contributed by atoms with Crippen molar-refractivity contribution >= 4 is 33.2 Å². The van der Waals surface area contributed by atoms with E-state index in [2.05, 4.69) is 9.97 Å². The normalized spacial score (nSPS) is 11.0. The monoisotopic (exact) mass is 290 g/mol. The van der Waals surface area contributed by atoms with Gasteiger partial charge in [-0.2, -0.15) is 0 Å². The highest BCUT2D eigenvalue weighted by Gasteiger charge is 2.07. The summed E-state index contributed by atoms with van der Waals surface area (Å²) in [4.78, 5) is 9.57. The largest absolute Gasteiger partial charge is 0.369 e. The molecule has 3 nitrogen and oxygen atoms in total. The molecule has 0 radical (unpaired) electrons. The number of rotatable bonds is 4. The first kappa shape index (κ1) is 12.5. The molecule has 1 aromatic carbocycles. The Morgan fingerprint density at radius 3 is 2.74 bits per heavy atom. The lowest BCUT2D eigenvalue weighted by molar-refractivity contribution is 0.102. The van der Waals surface area contributed by atoms with Crippen LogP contribution in [-0.2, 0) is 18.0 Å². The van der Waals surface area contributed by atoms with Gasteiger partial charge >= 0.3 is 0 Å². The summed E-state index contributed by atoms with van der Waals surface area (Å²) < 4.78 is 5.61. The van der Waals surface area contributed by atoms with E-state index in [1.807, 2.05) is 41.8 Å². The van der Waals surface area contributed by atoms with E-state index >= 15 is 0 Å². The van der Waals surface area contributed by atoms with E-state index in [1.165, 1.54) is 0 Å². The Balaban J connectivity index is 1.68. The third-order valence-electron chi connectivity index (χ3n) is 2.67. The first-order valence-corrected chi connectivity index (χ1v) is 7.10. The van der Waals surface area contributed by atoms with Crippen molar-refractivity contribution in [3.05, 3.63) is 58.3 Å². The molecule has 0 bridgehead atoms. The second kappa shape index (κ2) is 5.65. The number of aromatic nitrogens is 2. The Bertz CT molecular complexity index is 684. The Morgan fingerprint density at radius 2 is 1.89 bits per heavy atom. The molecular weight excluding hydrogens is 280 g/mol. The first-order chi connectivity index (χ1) is 9.33. The highest BCUT2D eigenvalue weighted by molar-refractivity contribution is 7.16. The lowest BCUT2D eigenvalue weighted by Gasteiger charge is -2.04. The van der Waals surface area contributed by atoms with Crippen molar-refractivity contribution in [2.24, 2.45) is 0 Å². The minimum atomic E-state index is 0.364. The molecular formula is C14H11ClN2OS. The third-order valence-corrected chi connectivity index (χ3v) is 3.76. The molecule has 2 aromatic heterocycles. The minimum Gasteiger partial charge on any atom is -0.369 e. The predicted octanol–water partition coefficient (Wildman–Crippen LogP) is 4.06. The van der Waals surface area contributed by atoms with Crippen LogP contribution in [-0.4, -0.2) is 9.97 Å². The van der Waals surface area contributed by atoms with Crippen LogP contribution >= 0.6 is 22.9 Å². The van der Waals surface area contributed by atoms with Gasteiger partial charge in [-0.15, -0.1) is 11.3 Å². The summed E-state index contributed by atoms with van der Waals surface area (Å²) >= 11 is 7.65. The Kier molecular flexibility index (Phi) is 3.73. The van der Waals surface area contributed by atoms with Crippen LogP contribution in [0.1, 0.15) is 11.4 Å². The second-order valence-corrected chi connectivity index (χ2v) is 5.30. The van der Waals surface area contributed by atoms with Gasteiger partial charge in [0, 0.05) is 5.39 Å². The molecule has 0 aliphatic heterocycles. The number of thiophene rings is 1. The molecule has 96 valence electrons. The van der Waals surface area contributed by atoms with Crippen molar-refractivity contribution in [2.75, 3.05) is 0 Å². The van der Waals surface area contributed by atoms with E-state index in [1.54, 1.807) is 11.3 Å². The first-order valence-electron chi connectivity index (χ1n) is 5.84. The molecule has 3 aromatic rings. The van der Waals surface area contributed by atoms with Gasteiger partial charge in [-0.1, -0.05) is 41.9 Å². The lowest BCUT2D eigenvalue weighted by Crippen LogP contribution is -1.99. The smallest absolute Gasteiger partial charge is 0.157 e. The van der Waals surface area contributed by atoms with Gasteiger partial charge in [-0.25, -0.2) is 9.97 Å². The molecule has 0 N–H and O–H groups in total. The predicted molar refractivity (Wildman–Crippen MR) is 77.4 cm³/mol. The number of nitrogens with zero attached hydrogens (tertiary/aromatic N) is 2. The minimum absolute atomic E-state index is 0.364. The van der Waals surface area contributed by atoms with Crippen molar-refractivity contribution in [3.63, 3.8) is 0 Å². The van der Waals surface area contributed by atoms with Crippen molar-refractivity contribution in [2.45, 2.75) is 13.2 Å². The van der Waals surface area contributed by atoms with Crippen molar-refractivity contribution in [1.29, 1.82) is 0 Å². The number of hydrogen-bond donors (Lipinski definition) is 0. The lowest BCUT2D eigenvalue weighted by atomic mass is 10.2. The fourth-order valence-corrected chi connectivity index (χ4v) is 2.85. The van der Waals surface area contributed by atoms with E-state index < -0.39 is 0 Å². The number of halogens is 1. The summed E-state index contributed by atoms with van der Waals surface area (Å²) in [7, 11) is 0. The van der Waals surface area contributed by atoms with Gasteiger partial charge in [0.05, 0.1) is 6.61 Å². The summed E-state index contributed by atoms with van der Waals surface area (Å²) in [6.45, 7) is 0.909. The molecule has 0 unspecified atom stereocenters. The average Bonchev–Trinajstić information content (AvgIpc) is 2.89. The Morgan fingerprint density at radius 1 is 1.05 bits per heavy atom. The summed E-state index contributed by atoms with van der Waals surface area (Å²) in [5, 5.41) is 3.35. The maximum absolute atomic E-state index is 6.10. The molecule has 0 saturated carbocycles. The van der Waals surface area contributed by atoms with Gasteiger partial charge in [-0.05, 0) is 17.0 Å². The Hall–Kier alpha value is -1.49. The summed E-state index contributed by atoms with van der Waals surface area (Å²) in [5.41, 5.74) is 1.13. The quantitative estimate of drug-likeness (QED) is 0.680. The van der Waals surface area contributed by atoms with Crippen LogP contribution in [0.3, 0.4) is 0 Å². The van der Waals surface area contributed by atoms with Gasteiger partial charge in [0.1, 0.15) is 16.6 Å². The zero-order chi connectivity index (χ0) is 13.1. The summed E-state index contributed by atoms with van der Waals surface area (Å²) in [6.07, 6.45) is 0. The van der Waals surface area contributed by atoms with Gasteiger partial charge in [0.2, 0.25) is 0 Å². The molecule has 0 fully saturated rings. The van der Waals surface area contributed by atoms with E-state index in [9.17, 15) is 0 Å². The molecule has 0 amide bonds. The van der Waals surface area contributed by atoms with Crippen LogP contribution in [0.5, 0.6) is 0 Å². The van der Waals surface area contributed by atoms with Gasteiger partial charge in [0.15, 0.2) is 5.82 Å². The van der Waals surface area contributed by atoms with Gasteiger partial charge < -0.3 is 4.74 Å². The molecule has 19 heavy (non-hydrogen) atoms. The van der Waals surface area contributed by atoms with Crippen LogP contribution in [0.15, 0.2) is 41.8 Å². The standard InChI is InChI=1S/C14H11ClN2OS/c15-13-11-6-7-19-14(11)17-12(16-13)9-18-8-10-4-2-1-3-5-10/h1-7H,8-9H2. The number of fused-ring (bicyclic) bond motifs is 1. The molecule has 0 saturated heterocycles. The Labute approximate surface area is 119 Å². The van der Waals surface area contributed by atoms with Crippen LogP contribution in [0.4, 0.5) is 0 Å². The topological polar surface area (TPSA) is 35.0 Å². The van der Waals surface area contributed by atoms with Crippen molar-refractivity contribution in [3.8, 4) is 0 Å². The zero-order valence-corrected chi connectivity index (χ0v) is 11.6. The van der Waals surface area contributed by atoms with E-state index in [4.69, 9.17) is 16.3 Å². The molecule has 5 heteroatoms. The van der Waals surface area contributed by atoms with Crippen LogP contribution < -0.4 is 0 Å². The van der Waals surface area contributed by atoms with E-state index in [0.29, 0.717) is 24.2 Å². The van der Waals surface area contributed by atoms with E-state index in [0.717, 1.165) is 15.8 Å². The van der Waals surface area contributed by atoms with Crippen molar-refractivity contribution in [1.82, 2.24) is 9.97 Å². The highest BCUT2D eigenvalue weighted by Crippen LogP contribution is 2.24. The van der Waals surface area contributed by atoms with Crippen LogP contribution in [0.25, 0.3) is 10.2 Å². The molecule has 0 spiro atoms. The zero-order valence-electron chi connectivity index (χ0n) is 10.0. The van der Waals surface area contributed by atoms with Crippen LogP contribution in [0, 0.1) is 0 Å². The number of hydrogen-bond acceptors (Lipinski definition) is 4. The fourth-order valence-electron chi connectivity index (χ4n) is 1.76. The molecule has 3 rings (SSSR count). The highest BCUT2D eigenvalue weighted by atomic mass is 35.5. The number of benzene rings is 1. The maximum Gasteiger partial charge on any atom is 0.157 e. The average molecular weight is 291 g/mol. The van der Waals surface area contributed by atoms with Gasteiger partial charge in [0.25, 0.3) is 0 Å². The molecule has 0 aliphatic carbocycles. The third kappa shape index (κ3) is 2.92. The molecule has 0 aliphatic rings. The fraction of sp³-hybridized carbons (Fsp3) is 0.143. The van der Waals surface area contributed by atoms with Crippen molar-refractivity contribution < 1.29 is 4.74 Å². The van der Waals surface area contributed by atoms with E-state index in [-0.39, 0.29) is 0 Å². The van der Waals surface area contributed by atoms with Crippen LogP contribution in [0.2, 0.25) is 5.15 Å². The van der Waals surface area contributed by atoms with Gasteiger partial charge in [-0.3, -0.25) is 0 Å². The summed E-state index contributed by atoms with van der Waals surface area (Å²) in [6, 6.07) is 11.9.